The van der Waals surface area contributed by atoms with Gasteiger partial charge in [0, 0.05) is 0 Å². The number of carboxylic acid groups (broad SMARTS) is 1. The van der Waals surface area contributed by atoms with Gasteiger partial charge >= 0.3 is 5.97 Å². The van der Waals surface area contributed by atoms with Crippen molar-refractivity contribution in [1.29, 1.82) is 0 Å². The molecule has 0 unspecified atom stereocenters. The molecule has 15 heavy (non-hydrogen) atoms. The summed E-state index contributed by atoms with van der Waals surface area (Å²) in [5.41, 5.74) is 0.294. The van der Waals surface area contributed by atoms with E-state index in [0.29, 0.717) is 12.2 Å². The first-order chi connectivity index (χ1) is 7.15. The molecular weight excluding hydrogens is 307 g/mol. The van der Waals surface area contributed by atoms with Crippen molar-refractivity contribution in [2.75, 3.05) is 6.61 Å². The molecule has 3 nitrogen and oxygen atoms in total. The number of hydrogen-bond acceptors (Lipinski definition) is 2. The lowest BCUT2D eigenvalue weighted by molar-refractivity contribution is 0.0697. The minimum Gasteiger partial charge on any atom is -0.492 e. The van der Waals surface area contributed by atoms with E-state index in [0.717, 1.165) is 22.2 Å². The fraction of sp³-hybridized carbons (Fsp3) is 0.364. The van der Waals surface area contributed by atoms with Crippen LogP contribution in [0.15, 0.2) is 18.2 Å². The zero-order chi connectivity index (χ0) is 11.3. The second-order valence-electron chi connectivity index (χ2n) is 3.15. The summed E-state index contributed by atoms with van der Waals surface area (Å²) in [4.78, 5) is 10.7. The van der Waals surface area contributed by atoms with Crippen LogP contribution in [0.1, 0.15) is 30.1 Å². The van der Waals surface area contributed by atoms with Crippen molar-refractivity contribution >= 4 is 28.6 Å². The average Bonchev–Trinajstić information content (AvgIpc) is 2.20. The Morgan fingerprint density at radius 3 is 2.80 bits per heavy atom. The molecule has 0 heterocycles. The number of halogens is 1. The van der Waals surface area contributed by atoms with E-state index in [1.807, 2.05) is 0 Å². The number of rotatable bonds is 5. The van der Waals surface area contributed by atoms with E-state index >= 15 is 0 Å². The maximum Gasteiger partial charge on any atom is 0.335 e. The Kier molecular flexibility index (Phi) is 4.87. The summed E-state index contributed by atoms with van der Waals surface area (Å²) < 4.78 is 6.35. The van der Waals surface area contributed by atoms with Gasteiger partial charge in [0.15, 0.2) is 0 Å². The molecule has 0 spiro atoms. The van der Waals surface area contributed by atoms with Crippen LogP contribution in [0, 0.1) is 3.57 Å². The number of ether oxygens (including phenoxy) is 1. The van der Waals surface area contributed by atoms with Crippen LogP contribution in [0.5, 0.6) is 5.75 Å². The van der Waals surface area contributed by atoms with Crippen LogP contribution < -0.4 is 4.74 Å². The summed E-state index contributed by atoms with van der Waals surface area (Å²) in [6.07, 6.45) is 2.10. The van der Waals surface area contributed by atoms with Crippen molar-refractivity contribution in [1.82, 2.24) is 0 Å². The molecule has 0 aliphatic rings. The molecule has 0 saturated carbocycles. The van der Waals surface area contributed by atoms with Crippen LogP contribution in [-0.2, 0) is 0 Å². The van der Waals surface area contributed by atoms with Crippen molar-refractivity contribution in [3.63, 3.8) is 0 Å². The maximum absolute atomic E-state index is 10.7. The SMILES string of the molecule is CCCCOc1ccc(C(=O)O)cc1I. The number of unbranched alkanes of at least 4 members (excludes halogenated alkanes) is 1. The van der Waals surface area contributed by atoms with Crippen LogP contribution in [-0.4, -0.2) is 17.7 Å². The third-order valence-electron chi connectivity index (χ3n) is 1.93. The number of carboxylic acids is 1. The summed E-state index contributed by atoms with van der Waals surface area (Å²) in [6, 6.07) is 4.89. The van der Waals surface area contributed by atoms with Gasteiger partial charge in [0.25, 0.3) is 0 Å². The molecule has 82 valence electrons. The van der Waals surface area contributed by atoms with Gasteiger partial charge in [-0.25, -0.2) is 4.79 Å². The summed E-state index contributed by atoms with van der Waals surface area (Å²) in [7, 11) is 0. The standard InChI is InChI=1S/C11H13IO3/c1-2-3-6-15-10-5-4-8(11(13)14)7-9(10)12/h4-5,7H,2-3,6H2,1H3,(H,13,14). The first kappa shape index (κ1) is 12.3. The molecule has 4 heteroatoms. The van der Waals surface area contributed by atoms with E-state index in [1.165, 1.54) is 0 Å². The van der Waals surface area contributed by atoms with Crippen LogP contribution in [0.3, 0.4) is 0 Å². The van der Waals surface area contributed by atoms with Gasteiger partial charge in [-0.15, -0.1) is 0 Å². The van der Waals surface area contributed by atoms with Gasteiger partial charge in [-0.05, 0) is 47.2 Å². The monoisotopic (exact) mass is 320 g/mol. The molecule has 1 aromatic carbocycles. The van der Waals surface area contributed by atoms with E-state index < -0.39 is 5.97 Å². The Balaban J connectivity index is 2.70. The highest BCUT2D eigenvalue weighted by atomic mass is 127. The predicted molar refractivity (Wildman–Crippen MR) is 66.5 cm³/mol. The molecule has 1 rings (SSSR count). The topological polar surface area (TPSA) is 46.5 Å². The molecule has 1 aromatic rings. The lowest BCUT2D eigenvalue weighted by Gasteiger charge is -2.07. The van der Waals surface area contributed by atoms with Gasteiger partial charge in [0.1, 0.15) is 5.75 Å². The highest BCUT2D eigenvalue weighted by molar-refractivity contribution is 14.1. The summed E-state index contributed by atoms with van der Waals surface area (Å²) >= 11 is 2.08. The molecule has 0 atom stereocenters. The maximum atomic E-state index is 10.7. The number of benzene rings is 1. The van der Waals surface area contributed by atoms with Crippen molar-refractivity contribution < 1.29 is 14.6 Å². The third kappa shape index (κ3) is 3.70. The summed E-state index contributed by atoms with van der Waals surface area (Å²) in [5, 5.41) is 8.77. The molecule has 0 bridgehead atoms. The Morgan fingerprint density at radius 2 is 2.27 bits per heavy atom. The number of hydrogen-bond donors (Lipinski definition) is 1. The van der Waals surface area contributed by atoms with Gasteiger partial charge in [-0.3, -0.25) is 0 Å². The highest BCUT2D eigenvalue weighted by Crippen LogP contribution is 2.22. The predicted octanol–water partition coefficient (Wildman–Crippen LogP) is 3.17. The Bertz CT molecular complexity index is 350. The van der Waals surface area contributed by atoms with Crippen molar-refractivity contribution in [3.8, 4) is 5.75 Å². The molecular formula is C11H13IO3. The van der Waals surface area contributed by atoms with Crippen molar-refractivity contribution in [2.24, 2.45) is 0 Å². The Hall–Kier alpha value is -0.780. The summed E-state index contributed by atoms with van der Waals surface area (Å²) in [5.74, 6) is -0.151. The van der Waals surface area contributed by atoms with Crippen LogP contribution in [0.4, 0.5) is 0 Å². The minimum absolute atomic E-state index is 0.294. The van der Waals surface area contributed by atoms with Gasteiger partial charge in [-0.2, -0.15) is 0 Å². The Labute approximate surface area is 103 Å². The first-order valence-electron chi connectivity index (χ1n) is 4.80. The molecule has 0 radical (unpaired) electrons. The smallest absolute Gasteiger partial charge is 0.335 e. The zero-order valence-corrected chi connectivity index (χ0v) is 10.7. The van der Waals surface area contributed by atoms with E-state index in [-0.39, 0.29) is 0 Å². The summed E-state index contributed by atoms with van der Waals surface area (Å²) in [6.45, 7) is 2.78. The molecule has 0 fully saturated rings. The molecule has 0 aliphatic carbocycles. The molecule has 0 saturated heterocycles. The minimum atomic E-state index is -0.909. The molecule has 0 aliphatic heterocycles. The Morgan fingerprint density at radius 1 is 1.53 bits per heavy atom. The van der Waals surface area contributed by atoms with Gasteiger partial charge < -0.3 is 9.84 Å². The van der Waals surface area contributed by atoms with E-state index in [1.54, 1.807) is 18.2 Å². The van der Waals surface area contributed by atoms with Crippen molar-refractivity contribution in [2.45, 2.75) is 19.8 Å². The molecule has 1 N–H and O–H groups in total. The normalized spacial score (nSPS) is 10.0. The van der Waals surface area contributed by atoms with E-state index in [2.05, 4.69) is 29.5 Å². The van der Waals surface area contributed by atoms with E-state index in [9.17, 15) is 4.79 Å². The van der Waals surface area contributed by atoms with Crippen LogP contribution in [0.25, 0.3) is 0 Å². The lowest BCUT2D eigenvalue weighted by atomic mass is 10.2. The largest absolute Gasteiger partial charge is 0.492 e. The van der Waals surface area contributed by atoms with Gasteiger partial charge in [0.2, 0.25) is 0 Å². The molecule has 0 aromatic heterocycles. The number of carbonyl (C=O) groups is 1. The fourth-order valence-electron chi connectivity index (χ4n) is 1.08. The highest BCUT2D eigenvalue weighted by Gasteiger charge is 2.06. The zero-order valence-electron chi connectivity index (χ0n) is 8.50. The van der Waals surface area contributed by atoms with Crippen molar-refractivity contribution in [3.05, 3.63) is 27.3 Å². The van der Waals surface area contributed by atoms with Crippen LogP contribution in [0.2, 0.25) is 0 Å². The van der Waals surface area contributed by atoms with E-state index in [4.69, 9.17) is 9.84 Å². The second kappa shape index (κ2) is 5.95. The van der Waals surface area contributed by atoms with Gasteiger partial charge in [-0.1, -0.05) is 13.3 Å². The van der Waals surface area contributed by atoms with Gasteiger partial charge in [0.05, 0.1) is 15.7 Å². The lowest BCUT2D eigenvalue weighted by Crippen LogP contribution is -2.01. The molecule has 0 amide bonds. The average molecular weight is 320 g/mol. The third-order valence-corrected chi connectivity index (χ3v) is 2.78. The fourth-order valence-corrected chi connectivity index (χ4v) is 1.75. The number of aromatic carboxylic acids is 1. The second-order valence-corrected chi connectivity index (χ2v) is 4.31. The first-order valence-corrected chi connectivity index (χ1v) is 5.88. The quantitative estimate of drug-likeness (QED) is 0.669. The van der Waals surface area contributed by atoms with Crippen LogP contribution >= 0.6 is 22.6 Å².